The summed E-state index contributed by atoms with van der Waals surface area (Å²) in [6.45, 7) is 4.47. The minimum Gasteiger partial charge on any atom is -0.352 e. The van der Waals surface area contributed by atoms with Gasteiger partial charge in [-0.05, 0) is 43.2 Å². The van der Waals surface area contributed by atoms with Crippen LogP contribution in [0.25, 0.3) is 0 Å². The topological polar surface area (TPSA) is 79.4 Å². The van der Waals surface area contributed by atoms with Gasteiger partial charge in [-0.15, -0.1) is 0 Å². The molecule has 1 N–H and O–H groups in total. The summed E-state index contributed by atoms with van der Waals surface area (Å²) in [6.07, 6.45) is 10.0. The summed E-state index contributed by atoms with van der Waals surface area (Å²) in [7, 11) is -1.86. The van der Waals surface area contributed by atoms with Gasteiger partial charge in [-0.25, -0.2) is 13.4 Å². The number of sulfonamides is 1. The van der Waals surface area contributed by atoms with Crippen molar-refractivity contribution in [2.75, 3.05) is 12.8 Å². The molecule has 6 nitrogen and oxygen atoms in total. The van der Waals surface area contributed by atoms with E-state index in [9.17, 15) is 13.2 Å². The summed E-state index contributed by atoms with van der Waals surface area (Å²) in [6, 6.07) is 3.63. The molecular formula is C22H35N3O3S2. The first-order chi connectivity index (χ1) is 14.3. The Morgan fingerprint density at radius 3 is 2.53 bits per heavy atom. The molecule has 1 aromatic heterocycles. The molecule has 3 atom stereocenters. The van der Waals surface area contributed by atoms with Crippen molar-refractivity contribution in [2.45, 2.75) is 87.2 Å². The van der Waals surface area contributed by atoms with Gasteiger partial charge in [0.05, 0.1) is 10.8 Å². The number of pyridine rings is 1. The molecule has 2 aliphatic rings. The van der Waals surface area contributed by atoms with Crippen LogP contribution in [0.3, 0.4) is 0 Å². The van der Waals surface area contributed by atoms with E-state index >= 15 is 0 Å². The molecule has 0 spiro atoms. The molecule has 2 aliphatic carbocycles. The van der Waals surface area contributed by atoms with E-state index < -0.39 is 10.0 Å². The first-order valence-electron chi connectivity index (χ1n) is 11.2. The maximum absolute atomic E-state index is 12.9. The fourth-order valence-corrected chi connectivity index (χ4v) is 6.60. The van der Waals surface area contributed by atoms with Gasteiger partial charge < -0.3 is 5.32 Å². The molecule has 1 amide bonds. The van der Waals surface area contributed by atoms with Crippen molar-refractivity contribution in [1.29, 1.82) is 0 Å². The maximum Gasteiger partial charge on any atom is 0.244 e. The Morgan fingerprint density at radius 2 is 1.87 bits per heavy atom. The molecule has 0 saturated heterocycles. The molecule has 168 valence electrons. The molecule has 0 radical (unpaired) electrons. The van der Waals surface area contributed by atoms with Crippen LogP contribution in [-0.2, 0) is 14.8 Å². The van der Waals surface area contributed by atoms with Gasteiger partial charge in [0.2, 0.25) is 15.9 Å². The minimum absolute atomic E-state index is 0.0153. The molecule has 2 saturated carbocycles. The fraction of sp³-hybridized carbons (Fsp3) is 0.727. The van der Waals surface area contributed by atoms with Crippen LogP contribution in [0.2, 0.25) is 0 Å². The summed E-state index contributed by atoms with van der Waals surface area (Å²) in [5, 5.41) is 3.83. The van der Waals surface area contributed by atoms with Crippen molar-refractivity contribution in [3.8, 4) is 0 Å². The summed E-state index contributed by atoms with van der Waals surface area (Å²) >= 11 is 1.34. The van der Waals surface area contributed by atoms with E-state index in [4.69, 9.17) is 0 Å². The lowest BCUT2D eigenvalue weighted by atomic mass is 9.78. The van der Waals surface area contributed by atoms with Crippen LogP contribution in [0.4, 0.5) is 0 Å². The predicted molar refractivity (Wildman–Crippen MR) is 121 cm³/mol. The van der Waals surface area contributed by atoms with Crippen molar-refractivity contribution >= 4 is 27.7 Å². The van der Waals surface area contributed by atoms with Crippen LogP contribution in [0.5, 0.6) is 0 Å². The lowest BCUT2D eigenvalue weighted by Gasteiger charge is -2.34. The number of amides is 1. The van der Waals surface area contributed by atoms with Crippen LogP contribution >= 0.6 is 11.8 Å². The maximum atomic E-state index is 12.9. The quantitative estimate of drug-likeness (QED) is 0.630. The molecule has 8 heteroatoms. The van der Waals surface area contributed by atoms with Gasteiger partial charge in [-0.1, -0.05) is 57.7 Å². The predicted octanol–water partition coefficient (Wildman–Crippen LogP) is 4.07. The van der Waals surface area contributed by atoms with Crippen LogP contribution in [0.15, 0.2) is 28.3 Å². The third-order valence-corrected chi connectivity index (χ3v) is 9.72. The first-order valence-corrected chi connectivity index (χ1v) is 13.6. The Labute approximate surface area is 185 Å². The van der Waals surface area contributed by atoms with Gasteiger partial charge in [0.1, 0.15) is 4.90 Å². The van der Waals surface area contributed by atoms with Gasteiger partial charge >= 0.3 is 0 Å². The molecular weight excluding hydrogens is 418 g/mol. The lowest BCUT2D eigenvalue weighted by molar-refractivity contribution is -0.120. The van der Waals surface area contributed by atoms with Gasteiger partial charge in [0, 0.05) is 25.3 Å². The molecule has 2 fully saturated rings. The second-order valence-electron chi connectivity index (χ2n) is 8.88. The van der Waals surface area contributed by atoms with Gasteiger partial charge in [0.25, 0.3) is 0 Å². The van der Waals surface area contributed by atoms with Gasteiger partial charge in [0.15, 0.2) is 0 Å². The largest absolute Gasteiger partial charge is 0.352 e. The van der Waals surface area contributed by atoms with Gasteiger partial charge in [-0.3, -0.25) is 4.79 Å². The fourth-order valence-electron chi connectivity index (χ4n) is 4.59. The van der Waals surface area contributed by atoms with Gasteiger partial charge in [-0.2, -0.15) is 4.31 Å². The standard InChI is InChI=1S/C22H35N3O3S2/c1-16-8-7-11-20(17(16)2)24-21(26)15-29-22-13-12-19(14-23-22)30(27,28)25(3)18-9-5-4-6-10-18/h12-14,16-18,20H,4-11,15H2,1-3H3,(H,24,26)/t16-,17-,20-/m1/s1. The molecule has 30 heavy (non-hydrogen) atoms. The molecule has 0 bridgehead atoms. The Balaban J connectivity index is 1.53. The highest BCUT2D eigenvalue weighted by atomic mass is 32.2. The molecule has 0 aliphatic heterocycles. The summed E-state index contributed by atoms with van der Waals surface area (Å²) < 4.78 is 27.3. The highest BCUT2D eigenvalue weighted by Gasteiger charge is 2.30. The second-order valence-corrected chi connectivity index (χ2v) is 11.9. The van der Waals surface area contributed by atoms with Crippen LogP contribution < -0.4 is 5.32 Å². The summed E-state index contributed by atoms with van der Waals surface area (Å²) in [5.41, 5.74) is 0. The molecule has 0 aromatic carbocycles. The molecule has 3 rings (SSSR count). The number of thioether (sulfide) groups is 1. The average molecular weight is 454 g/mol. The van der Waals surface area contributed by atoms with Crippen molar-refractivity contribution < 1.29 is 13.2 Å². The van der Waals surface area contributed by atoms with Crippen molar-refractivity contribution in [3.63, 3.8) is 0 Å². The van der Waals surface area contributed by atoms with E-state index in [1.54, 1.807) is 19.2 Å². The Bertz CT molecular complexity index is 807. The Morgan fingerprint density at radius 1 is 1.13 bits per heavy atom. The zero-order valence-electron chi connectivity index (χ0n) is 18.3. The minimum atomic E-state index is -3.53. The molecule has 1 aromatic rings. The third kappa shape index (κ3) is 5.77. The van der Waals surface area contributed by atoms with Crippen molar-refractivity contribution in [3.05, 3.63) is 18.3 Å². The number of carbonyl (C=O) groups excluding carboxylic acids is 1. The van der Waals surface area contributed by atoms with E-state index in [1.165, 1.54) is 35.1 Å². The van der Waals surface area contributed by atoms with E-state index in [1.807, 2.05) is 0 Å². The van der Waals surface area contributed by atoms with Crippen LogP contribution in [-0.4, -0.2) is 48.5 Å². The number of nitrogens with zero attached hydrogens (tertiary/aromatic N) is 2. The highest BCUT2D eigenvalue weighted by molar-refractivity contribution is 7.99. The summed E-state index contributed by atoms with van der Waals surface area (Å²) in [4.78, 5) is 16.9. The number of hydrogen-bond acceptors (Lipinski definition) is 5. The summed E-state index contributed by atoms with van der Waals surface area (Å²) in [5.74, 6) is 1.44. The number of hydrogen-bond donors (Lipinski definition) is 1. The number of carbonyl (C=O) groups is 1. The van der Waals surface area contributed by atoms with Crippen LogP contribution in [0, 0.1) is 11.8 Å². The smallest absolute Gasteiger partial charge is 0.244 e. The Hall–Kier alpha value is -1.12. The highest BCUT2D eigenvalue weighted by Crippen LogP contribution is 2.30. The van der Waals surface area contributed by atoms with Crippen molar-refractivity contribution in [1.82, 2.24) is 14.6 Å². The Kier molecular flexibility index (Phi) is 8.21. The first kappa shape index (κ1) is 23.5. The molecule has 0 unspecified atom stereocenters. The molecule has 1 heterocycles. The number of rotatable bonds is 7. The number of aromatic nitrogens is 1. The second kappa shape index (κ2) is 10.5. The SMILES string of the molecule is C[C@@H]1[C@H](C)CCC[C@H]1NC(=O)CSc1ccc(S(=O)(=O)N(C)C2CCCCC2)cn1. The van der Waals surface area contributed by atoms with E-state index in [0.717, 1.165) is 38.5 Å². The zero-order chi connectivity index (χ0) is 21.7. The third-order valence-electron chi connectivity index (χ3n) is 6.88. The van der Waals surface area contributed by atoms with Crippen molar-refractivity contribution in [2.24, 2.45) is 11.8 Å². The zero-order valence-corrected chi connectivity index (χ0v) is 20.0. The van der Waals surface area contributed by atoms with E-state index in [2.05, 4.69) is 24.1 Å². The normalized spacial score (nSPS) is 25.9. The monoisotopic (exact) mass is 453 g/mol. The van der Waals surface area contributed by atoms with E-state index in [-0.39, 0.29) is 22.9 Å². The number of nitrogens with one attached hydrogen (secondary N) is 1. The average Bonchev–Trinajstić information content (AvgIpc) is 2.76. The van der Waals surface area contributed by atoms with E-state index in [0.29, 0.717) is 22.6 Å². The van der Waals surface area contributed by atoms with Crippen LogP contribution in [0.1, 0.15) is 65.2 Å². The lowest BCUT2D eigenvalue weighted by Crippen LogP contribution is -2.44.